The van der Waals surface area contributed by atoms with Crippen molar-refractivity contribution in [1.29, 1.82) is 0 Å². The van der Waals surface area contributed by atoms with E-state index >= 15 is 0 Å². The fraction of sp³-hybridized carbons (Fsp3) is 0.350. The lowest BCUT2D eigenvalue weighted by Crippen LogP contribution is -3.00. The summed E-state index contributed by atoms with van der Waals surface area (Å²) in [4.78, 5) is 12.6. The lowest BCUT2D eigenvalue weighted by Gasteiger charge is -2.33. The van der Waals surface area contributed by atoms with E-state index in [4.69, 9.17) is 0 Å². The van der Waals surface area contributed by atoms with Crippen LogP contribution in [0.2, 0.25) is 0 Å². The van der Waals surface area contributed by atoms with E-state index < -0.39 is 0 Å². The first kappa shape index (κ1) is 20.2. The van der Waals surface area contributed by atoms with Crippen LogP contribution < -0.4 is 17.7 Å². The van der Waals surface area contributed by atoms with Gasteiger partial charge in [-0.15, -0.1) is 0 Å². The molecule has 1 atom stereocenters. The number of likely N-dealkylation sites (N-methyl/N-ethyl adjacent to an activating group) is 1. The van der Waals surface area contributed by atoms with Gasteiger partial charge in [-0.3, -0.25) is 4.79 Å². The summed E-state index contributed by atoms with van der Waals surface area (Å²) >= 11 is 0. The summed E-state index contributed by atoms with van der Waals surface area (Å²) in [7, 11) is 2.14. The molecule has 0 spiro atoms. The summed E-state index contributed by atoms with van der Waals surface area (Å²) in [5.74, 6) is 0.0719. The van der Waals surface area contributed by atoms with Crippen molar-refractivity contribution in [3.8, 4) is 0 Å². The lowest BCUT2D eigenvalue weighted by atomic mass is 10.1. The number of nitrogens with one attached hydrogen (secondary N) is 1. The summed E-state index contributed by atoms with van der Waals surface area (Å²) in [6, 6.07) is 16.4. The number of hydrogen-bond acceptors (Lipinski definition) is 1. The van der Waals surface area contributed by atoms with Crippen LogP contribution in [0.5, 0.6) is 0 Å². The van der Waals surface area contributed by atoms with Crippen LogP contribution in [0, 0.1) is 13.8 Å². The molecule has 0 heterocycles. The quantitative estimate of drug-likeness (QED) is 0.774. The second kappa shape index (κ2) is 8.86. The molecule has 0 saturated heterocycles. The standard InChI is InChI=1S/C20H26N2O.ClH/c1-5-22(4,14-18-12-7-6-8-13-18)15-19(23)21-20-16(2)10-9-11-17(20)3;/h6-13H,5,14-15H2,1-4H3;1H. The Labute approximate surface area is 151 Å². The molecule has 24 heavy (non-hydrogen) atoms. The topological polar surface area (TPSA) is 29.1 Å². The van der Waals surface area contributed by atoms with Crippen LogP contribution in [0.3, 0.4) is 0 Å². The van der Waals surface area contributed by atoms with Crippen LogP contribution in [0.4, 0.5) is 5.69 Å². The first-order valence-corrected chi connectivity index (χ1v) is 8.17. The monoisotopic (exact) mass is 346 g/mol. The van der Waals surface area contributed by atoms with Gasteiger partial charge in [0.05, 0.1) is 13.6 Å². The van der Waals surface area contributed by atoms with Gasteiger partial charge >= 0.3 is 0 Å². The highest BCUT2D eigenvalue weighted by atomic mass is 35.5. The third-order valence-electron chi connectivity index (χ3n) is 4.44. The highest BCUT2D eigenvalue weighted by molar-refractivity contribution is 5.93. The zero-order chi connectivity index (χ0) is 16.9. The molecular formula is C20H27ClN2O. The largest absolute Gasteiger partial charge is 1.00 e. The van der Waals surface area contributed by atoms with E-state index in [2.05, 4.69) is 31.4 Å². The minimum atomic E-state index is 0. The second-order valence-corrected chi connectivity index (χ2v) is 6.55. The molecular weight excluding hydrogens is 320 g/mol. The van der Waals surface area contributed by atoms with E-state index in [9.17, 15) is 4.79 Å². The Morgan fingerprint density at radius 1 is 1.00 bits per heavy atom. The Kier molecular flexibility index (Phi) is 7.46. The number of halogens is 1. The fourth-order valence-corrected chi connectivity index (χ4v) is 2.84. The molecule has 0 aliphatic rings. The summed E-state index contributed by atoms with van der Waals surface area (Å²) in [5.41, 5.74) is 4.41. The van der Waals surface area contributed by atoms with Gasteiger partial charge in [-0.25, -0.2) is 0 Å². The first-order chi connectivity index (χ1) is 10.9. The van der Waals surface area contributed by atoms with Gasteiger partial charge in [0.2, 0.25) is 0 Å². The van der Waals surface area contributed by atoms with Gasteiger partial charge < -0.3 is 22.2 Å². The smallest absolute Gasteiger partial charge is 0.279 e. The van der Waals surface area contributed by atoms with Gasteiger partial charge in [-0.1, -0.05) is 48.5 Å². The molecule has 2 rings (SSSR count). The van der Waals surface area contributed by atoms with E-state index in [0.29, 0.717) is 11.0 Å². The summed E-state index contributed by atoms with van der Waals surface area (Å²) < 4.78 is 0.695. The molecule has 0 fully saturated rings. The highest BCUT2D eigenvalue weighted by Gasteiger charge is 2.24. The molecule has 0 aliphatic carbocycles. The Bertz CT molecular complexity index is 652. The number of anilines is 1. The number of hydrogen-bond donors (Lipinski definition) is 1. The van der Waals surface area contributed by atoms with Crippen molar-refractivity contribution >= 4 is 11.6 Å². The number of carbonyl (C=O) groups excluding carboxylic acids is 1. The zero-order valence-electron chi connectivity index (χ0n) is 15.0. The van der Waals surface area contributed by atoms with Gasteiger partial charge in [0.1, 0.15) is 6.54 Å². The van der Waals surface area contributed by atoms with Gasteiger partial charge in [0.25, 0.3) is 5.91 Å². The summed E-state index contributed by atoms with van der Waals surface area (Å²) in [6.45, 7) is 8.43. The molecule has 0 aliphatic heterocycles. The Morgan fingerprint density at radius 2 is 1.58 bits per heavy atom. The van der Waals surface area contributed by atoms with Crippen LogP contribution >= 0.6 is 0 Å². The first-order valence-electron chi connectivity index (χ1n) is 8.17. The van der Waals surface area contributed by atoms with E-state index in [0.717, 1.165) is 29.9 Å². The van der Waals surface area contributed by atoms with Gasteiger partial charge in [-0.2, -0.15) is 0 Å². The fourth-order valence-electron chi connectivity index (χ4n) is 2.84. The van der Waals surface area contributed by atoms with Gasteiger partial charge in [0, 0.05) is 11.3 Å². The lowest BCUT2D eigenvalue weighted by molar-refractivity contribution is -0.913. The number of aryl methyl sites for hydroxylation is 2. The minimum Gasteiger partial charge on any atom is -1.00 e. The van der Waals surface area contributed by atoms with Crippen molar-refractivity contribution in [3.63, 3.8) is 0 Å². The molecule has 1 unspecified atom stereocenters. The summed E-state index contributed by atoms with van der Waals surface area (Å²) in [5, 5.41) is 3.10. The maximum absolute atomic E-state index is 12.6. The maximum atomic E-state index is 12.6. The Hall–Kier alpha value is -1.84. The van der Waals surface area contributed by atoms with Crippen molar-refractivity contribution in [2.45, 2.75) is 27.3 Å². The van der Waals surface area contributed by atoms with Crippen LogP contribution in [0.1, 0.15) is 23.6 Å². The van der Waals surface area contributed by atoms with Gasteiger partial charge in [0.15, 0.2) is 6.54 Å². The van der Waals surface area contributed by atoms with Gasteiger partial charge in [-0.05, 0) is 31.9 Å². The number of benzene rings is 2. The van der Waals surface area contributed by atoms with E-state index in [1.807, 2.05) is 50.2 Å². The number of quaternary nitrogens is 1. The van der Waals surface area contributed by atoms with Crippen molar-refractivity contribution in [2.24, 2.45) is 0 Å². The number of amides is 1. The molecule has 0 aromatic heterocycles. The third-order valence-corrected chi connectivity index (χ3v) is 4.44. The van der Waals surface area contributed by atoms with E-state index in [1.54, 1.807) is 0 Å². The molecule has 0 radical (unpaired) electrons. The van der Waals surface area contributed by atoms with Crippen LogP contribution in [-0.4, -0.2) is 30.5 Å². The molecule has 2 aromatic rings. The maximum Gasteiger partial charge on any atom is 0.279 e. The van der Waals surface area contributed by atoms with E-state index in [1.165, 1.54) is 5.56 Å². The molecule has 1 N–H and O–H groups in total. The number of nitrogens with zero attached hydrogens (tertiary/aromatic N) is 1. The van der Waals surface area contributed by atoms with Crippen LogP contribution in [-0.2, 0) is 11.3 Å². The summed E-state index contributed by atoms with van der Waals surface area (Å²) in [6.07, 6.45) is 0. The molecule has 130 valence electrons. The average Bonchev–Trinajstić information content (AvgIpc) is 2.52. The average molecular weight is 347 g/mol. The predicted octanol–water partition coefficient (Wildman–Crippen LogP) is 0.913. The SMILES string of the molecule is CC[N+](C)(CC(=O)Nc1c(C)cccc1C)Cc1ccccc1.[Cl-]. The minimum absolute atomic E-state index is 0. The zero-order valence-corrected chi connectivity index (χ0v) is 15.7. The van der Waals surface area contributed by atoms with Crippen molar-refractivity contribution in [1.82, 2.24) is 0 Å². The molecule has 1 amide bonds. The molecule has 3 nitrogen and oxygen atoms in total. The van der Waals surface area contributed by atoms with Crippen molar-refractivity contribution in [2.75, 3.05) is 25.5 Å². The molecule has 4 heteroatoms. The number of carbonyl (C=O) groups is 1. The molecule has 2 aromatic carbocycles. The molecule has 0 saturated carbocycles. The Balaban J connectivity index is 0.00000288. The number of para-hydroxylation sites is 1. The Morgan fingerprint density at radius 3 is 2.12 bits per heavy atom. The normalized spacial score (nSPS) is 12.8. The predicted molar refractivity (Wildman–Crippen MR) is 96.3 cm³/mol. The van der Waals surface area contributed by atoms with Crippen LogP contribution in [0.15, 0.2) is 48.5 Å². The third kappa shape index (κ3) is 5.36. The van der Waals surface area contributed by atoms with E-state index in [-0.39, 0.29) is 18.3 Å². The van der Waals surface area contributed by atoms with Crippen molar-refractivity contribution in [3.05, 3.63) is 65.2 Å². The van der Waals surface area contributed by atoms with Crippen LogP contribution in [0.25, 0.3) is 0 Å². The number of rotatable bonds is 6. The van der Waals surface area contributed by atoms with Crippen molar-refractivity contribution < 1.29 is 21.7 Å². The highest BCUT2D eigenvalue weighted by Crippen LogP contribution is 2.20. The molecule has 0 bridgehead atoms. The second-order valence-electron chi connectivity index (χ2n) is 6.55.